The van der Waals surface area contributed by atoms with Crippen LogP contribution in [0.1, 0.15) is 102 Å². The highest BCUT2D eigenvalue weighted by Crippen LogP contribution is 2.24. The minimum Gasteiger partial charge on any atom is -0.386 e. The lowest BCUT2D eigenvalue weighted by Crippen LogP contribution is -2.44. The first-order chi connectivity index (χ1) is 18.9. The number of azo groups is 2. The van der Waals surface area contributed by atoms with Gasteiger partial charge in [0.15, 0.2) is 0 Å². The molecular formula is C28H62Cl4N12O2. The summed E-state index contributed by atoms with van der Waals surface area (Å²) in [7, 11) is 0. The van der Waals surface area contributed by atoms with Gasteiger partial charge in [-0.2, -0.15) is 20.5 Å². The van der Waals surface area contributed by atoms with Crippen molar-refractivity contribution < 1.29 is 10.1 Å². The highest BCUT2D eigenvalue weighted by Gasteiger charge is 2.34. The quantitative estimate of drug-likeness (QED) is 0.0456. The van der Waals surface area contributed by atoms with E-state index in [0.29, 0.717) is 11.7 Å². The van der Waals surface area contributed by atoms with Crippen LogP contribution in [-0.2, 0) is 4.89 Å². The molecule has 2 fully saturated rings. The summed E-state index contributed by atoms with van der Waals surface area (Å²) in [5, 5.41) is 55.9. The lowest BCUT2D eigenvalue weighted by atomic mass is 10.0. The van der Waals surface area contributed by atoms with Crippen LogP contribution in [-0.4, -0.2) is 92.3 Å². The van der Waals surface area contributed by atoms with Crippen molar-refractivity contribution in [3.63, 3.8) is 0 Å². The molecule has 2 aliphatic heterocycles. The molecule has 0 unspecified atom stereocenters. The van der Waals surface area contributed by atoms with E-state index in [1.165, 1.54) is 0 Å². The number of rotatable bonds is 8. The number of hydrogen-bond donors (Lipinski definition) is 7. The first-order valence-electron chi connectivity index (χ1n) is 14.5. The van der Waals surface area contributed by atoms with Gasteiger partial charge in [-0.1, -0.05) is 0 Å². The van der Waals surface area contributed by atoms with Crippen molar-refractivity contribution in [2.75, 3.05) is 26.2 Å². The molecule has 2 heterocycles. The van der Waals surface area contributed by atoms with Gasteiger partial charge in [0.25, 0.3) is 0 Å². The fourth-order valence-corrected chi connectivity index (χ4v) is 3.36. The van der Waals surface area contributed by atoms with E-state index in [1.807, 2.05) is 27.7 Å². The lowest BCUT2D eigenvalue weighted by molar-refractivity contribution is -0.306. The Balaban J connectivity index is -0.000000204. The van der Waals surface area contributed by atoms with Gasteiger partial charge in [-0.25, -0.2) is 4.89 Å². The van der Waals surface area contributed by atoms with E-state index in [0.717, 1.165) is 51.9 Å². The minimum absolute atomic E-state index is 0. The van der Waals surface area contributed by atoms with Crippen molar-refractivity contribution in [3.8, 4) is 0 Å². The van der Waals surface area contributed by atoms with Crippen molar-refractivity contribution in [2.45, 2.75) is 130 Å². The summed E-state index contributed by atoms with van der Waals surface area (Å²) in [6.07, 6.45) is 4.61. The van der Waals surface area contributed by atoms with Gasteiger partial charge >= 0.3 is 0 Å². The van der Waals surface area contributed by atoms with E-state index in [9.17, 15) is 0 Å². The van der Waals surface area contributed by atoms with Crippen LogP contribution in [0, 0.1) is 21.6 Å². The van der Waals surface area contributed by atoms with Crippen LogP contribution >= 0.6 is 49.6 Å². The summed E-state index contributed by atoms with van der Waals surface area (Å²) >= 11 is 0. The van der Waals surface area contributed by atoms with Crippen LogP contribution in [0.2, 0.25) is 0 Å². The van der Waals surface area contributed by atoms with Crippen LogP contribution < -0.4 is 11.5 Å². The zero-order chi connectivity index (χ0) is 33.2. The molecule has 274 valence electrons. The van der Waals surface area contributed by atoms with Crippen LogP contribution in [0.25, 0.3) is 0 Å². The van der Waals surface area contributed by atoms with Gasteiger partial charge in [-0.15, -0.1) is 49.6 Å². The Morgan fingerprint density at radius 1 is 0.522 bits per heavy atom. The van der Waals surface area contributed by atoms with Crippen molar-refractivity contribution >= 4 is 73.0 Å². The van der Waals surface area contributed by atoms with E-state index in [1.54, 1.807) is 48.5 Å². The van der Waals surface area contributed by atoms with Crippen molar-refractivity contribution in [1.82, 2.24) is 9.80 Å². The number of amidine groups is 4. The maximum absolute atomic E-state index is 8.38. The molecule has 0 aromatic rings. The Labute approximate surface area is 301 Å². The number of nitrogens with two attached hydrogens (primary N) is 2. The molecule has 0 amide bonds. The first-order valence-corrected chi connectivity index (χ1v) is 14.5. The topological polar surface area (TPSA) is 233 Å². The highest BCUT2D eigenvalue weighted by atomic mass is 35.5. The molecule has 0 bridgehead atoms. The van der Waals surface area contributed by atoms with Crippen molar-refractivity contribution in [3.05, 3.63) is 0 Å². The van der Waals surface area contributed by atoms with Crippen molar-refractivity contribution in [2.24, 2.45) is 31.9 Å². The summed E-state index contributed by atoms with van der Waals surface area (Å²) in [4.78, 5) is 8.13. The second kappa shape index (κ2) is 21.9. The minimum atomic E-state index is -0.841. The largest absolute Gasteiger partial charge is 0.386 e. The van der Waals surface area contributed by atoms with Gasteiger partial charge in [-0.3, -0.25) is 26.9 Å². The van der Waals surface area contributed by atoms with Gasteiger partial charge in [0, 0.05) is 26.2 Å². The number of likely N-dealkylation sites (tertiary alicyclic amines) is 2. The van der Waals surface area contributed by atoms with Crippen LogP contribution in [0.15, 0.2) is 20.5 Å². The summed E-state index contributed by atoms with van der Waals surface area (Å²) in [6.45, 7) is 23.6. The Kier molecular flexibility index (Phi) is 25.6. The summed E-state index contributed by atoms with van der Waals surface area (Å²) < 4.78 is 0. The van der Waals surface area contributed by atoms with E-state index in [4.69, 9.17) is 38.4 Å². The predicted octanol–water partition coefficient (Wildman–Crippen LogP) is 6.97. The molecule has 2 rings (SSSR count). The molecule has 0 saturated carbocycles. The smallest absolute Gasteiger partial charge is 0.132 e. The van der Waals surface area contributed by atoms with E-state index >= 15 is 0 Å². The van der Waals surface area contributed by atoms with E-state index in [-0.39, 0.29) is 61.3 Å². The fourth-order valence-electron chi connectivity index (χ4n) is 3.36. The normalized spacial score (nSPS) is 15.2. The molecule has 0 aliphatic carbocycles. The monoisotopic (exact) mass is 738 g/mol. The second-order valence-corrected chi connectivity index (χ2v) is 13.8. The summed E-state index contributed by atoms with van der Waals surface area (Å²) in [5.41, 5.74) is 7.29. The van der Waals surface area contributed by atoms with E-state index in [2.05, 4.69) is 35.1 Å². The molecule has 2 aliphatic rings. The molecule has 0 spiro atoms. The summed E-state index contributed by atoms with van der Waals surface area (Å²) in [5.74, 6) is 0.940. The number of hydrogen-bond acceptors (Lipinski definition) is 10. The maximum Gasteiger partial charge on any atom is 0.132 e. The van der Waals surface area contributed by atoms with Gasteiger partial charge in [0.1, 0.15) is 45.5 Å². The highest BCUT2D eigenvalue weighted by molar-refractivity contribution is 5.90. The van der Waals surface area contributed by atoms with Gasteiger partial charge in [0.05, 0.1) is 5.60 Å². The van der Waals surface area contributed by atoms with E-state index < -0.39 is 27.8 Å². The van der Waals surface area contributed by atoms with Gasteiger partial charge < -0.3 is 21.3 Å². The zero-order valence-electron chi connectivity index (χ0n) is 29.5. The predicted molar refractivity (Wildman–Crippen MR) is 199 cm³/mol. The Morgan fingerprint density at radius 3 is 0.891 bits per heavy atom. The third kappa shape index (κ3) is 19.1. The van der Waals surface area contributed by atoms with Crippen LogP contribution in [0.3, 0.4) is 0 Å². The molecule has 0 aromatic heterocycles. The molecular weight excluding hydrogens is 678 g/mol. The van der Waals surface area contributed by atoms with Crippen molar-refractivity contribution in [1.29, 1.82) is 21.6 Å². The zero-order valence-corrected chi connectivity index (χ0v) is 32.7. The van der Waals surface area contributed by atoms with Gasteiger partial charge in [-0.05, 0) is 102 Å². The molecule has 14 nitrogen and oxygen atoms in total. The average Bonchev–Trinajstić information content (AvgIpc) is 3.61. The lowest BCUT2D eigenvalue weighted by Gasteiger charge is -2.31. The molecule has 0 radical (unpaired) electrons. The Morgan fingerprint density at radius 2 is 0.717 bits per heavy atom. The van der Waals surface area contributed by atoms with Crippen LogP contribution in [0.4, 0.5) is 0 Å². The summed E-state index contributed by atoms with van der Waals surface area (Å²) in [6, 6.07) is 0. The molecule has 2 saturated heterocycles. The number of nitrogens with zero attached hydrogens (tertiary/aromatic N) is 6. The standard InChI is InChI=1S/C16H30N6.C8H18N6.C4H10O2.4ClH/c1-15(2,13(17)21-9-5-6-10-21)19-20-16(3,4)14(18)22-11-7-8-12-22;1-7(2,5(9)10)13-14-8(3,4)6(11)12;1-4(2,3)6-5;;;;/h17-18H,5-12H2,1-4H3;1-4H3,(H3,9,10)(H3,11,12);5H,1-3H3;4*1H. The number of halogens is 4. The molecule has 0 atom stereocenters. The second-order valence-electron chi connectivity index (χ2n) is 13.8. The maximum atomic E-state index is 8.38. The van der Waals surface area contributed by atoms with Crippen LogP contribution in [0.5, 0.6) is 0 Å². The third-order valence-electron chi connectivity index (χ3n) is 6.70. The first kappa shape index (κ1) is 53.6. The fraction of sp³-hybridized carbons (Fsp3) is 0.857. The number of nitrogens with one attached hydrogen (secondary N) is 4. The Hall–Kier alpha value is -1.84. The Bertz CT molecular complexity index is 931. The third-order valence-corrected chi connectivity index (χ3v) is 6.70. The molecule has 46 heavy (non-hydrogen) atoms. The SMILES string of the molecule is CC(C)(C)OO.CC(C)(N=NC(C)(C)C(=N)N)C(=N)N.CC(C)(N=NC(C)(C)C(=N)N1CCCC1)C(=N)N1CCCC1.Cl.Cl.Cl.Cl. The molecule has 9 N–H and O–H groups in total. The molecule has 0 aromatic carbocycles. The van der Waals surface area contributed by atoms with Gasteiger partial charge in [0.2, 0.25) is 0 Å². The average molecular weight is 741 g/mol. The molecule has 18 heteroatoms.